The van der Waals surface area contributed by atoms with Gasteiger partial charge in [0.2, 0.25) is 0 Å². The maximum atomic E-state index is 13.1. The van der Waals surface area contributed by atoms with E-state index >= 15 is 0 Å². The van der Waals surface area contributed by atoms with Gasteiger partial charge in [0, 0.05) is 5.39 Å². The molecule has 0 fully saturated rings. The lowest BCUT2D eigenvalue weighted by Gasteiger charge is -1.93. The zero-order valence-electron chi connectivity index (χ0n) is 5.84. The highest BCUT2D eigenvalue weighted by Gasteiger charge is 2.08. The molecule has 0 saturated carbocycles. The molecule has 4 heteroatoms. The molecule has 2 aromatic rings. The van der Waals surface area contributed by atoms with Gasteiger partial charge in [0.05, 0.1) is 8.49 Å². The molecule has 1 aromatic carbocycles. The molecule has 12 heavy (non-hydrogen) atoms. The smallest absolute Gasteiger partial charge is 0.141 e. The molecule has 0 unspecified atom stereocenters. The Kier molecular flexibility index (Phi) is 1.81. The van der Waals surface area contributed by atoms with Gasteiger partial charge in [-0.25, -0.2) is 4.39 Å². The van der Waals surface area contributed by atoms with Gasteiger partial charge in [0.15, 0.2) is 0 Å². The van der Waals surface area contributed by atoms with Gasteiger partial charge in [0.1, 0.15) is 11.6 Å². The first-order valence-corrected chi connectivity index (χ1v) is 4.86. The number of halogens is 2. The molecule has 0 atom stereocenters. The van der Waals surface area contributed by atoms with Crippen LogP contribution in [-0.2, 0) is 0 Å². The van der Waals surface area contributed by atoms with Crippen LogP contribution in [0.2, 0.25) is 0 Å². The molecular formula is C8H4BrFOS. The Labute approximate surface area is 80.6 Å². The predicted molar refractivity (Wildman–Crippen MR) is 51.1 cm³/mol. The Morgan fingerprint density at radius 3 is 2.83 bits per heavy atom. The average Bonchev–Trinajstić information content (AvgIpc) is 2.41. The first-order valence-electron chi connectivity index (χ1n) is 3.25. The highest BCUT2D eigenvalue weighted by atomic mass is 79.9. The largest absolute Gasteiger partial charge is 0.507 e. The molecular weight excluding hydrogens is 243 g/mol. The molecule has 0 aliphatic heterocycles. The number of fused-ring (bicyclic) bond motifs is 1. The molecule has 0 saturated heterocycles. The number of hydrogen-bond acceptors (Lipinski definition) is 2. The monoisotopic (exact) mass is 246 g/mol. The van der Waals surface area contributed by atoms with Crippen molar-refractivity contribution in [3.63, 3.8) is 0 Å². The third-order valence-corrected chi connectivity index (χ3v) is 3.23. The van der Waals surface area contributed by atoms with Crippen molar-refractivity contribution >= 4 is 37.4 Å². The fourth-order valence-corrected chi connectivity index (χ4v) is 2.57. The Hall–Kier alpha value is -0.610. The van der Waals surface area contributed by atoms with Crippen molar-refractivity contribution in [1.29, 1.82) is 0 Å². The van der Waals surface area contributed by atoms with E-state index in [9.17, 15) is 9.50 Å². The van der Waals surface area contributed by atoms with Crippen molar-refractivity contribution in [2.45, 2.75) is 0 Å². The fraction of sp³-hybridized carbons (Fsp3) is 0. The van der Waals surface area contributed by atoms with Crippen molar-refractivity contribution in [3.8, 4) is 5.75 Å². The van der Waals surface area contributed by atoms with Crippen LogP contribution in [0.5, 0.6) is 5.75 Å². The van der Waals surface area contributed by atoms with Crippen LogP contribution < -0.4 is 0 Å². The van der Waals surface area contributed by atoms with Crippen LogP contribution in [0.3, 0.4) is 0 Å². The van der Waals surface area contributed by atoms with Gasteiger partial charge in [-0.3, -0.25) is 0 Å². The second-order valence-corrected chi connectivity index (χ2v) is 4.79. The van der Waals surface area contributed by atoms with E-state index in [2.05, 4.69) is 15.9 Å². The molecule has 0 aliphatic carbocycles. The normalized spacial score (nSPS) is 10.8. The summed E-state index contributed by atoms with van der Waals surface area (Å²) in [6, 6.07) is 4.33. The molecule has 0 radical (unpaired) electrons. The molecule has 0 aliphatic rings. The van der Waals surface area contributed by atoms with Crippen LogP contribution in [0.4, 0.5) is 4.39 Å². The molecule has 1 heterocycles. The zero-order valence-corrected chi connectivity index (χ0v) is 8.25. The molecule has 0 bridgehead atoms. The lowest BCUT2D eigenvalue weighted by atomic mass is 10.2. The van der Waals surface area contributed by atoms with Gasteiger partial charge in [-0.1, -0.05) is 0 Å². The second kappa shape index (κ2) is 2.71. The summed E-state index contributed by atoms with van der Waals surface area (Å²) in [5.74, 6) is -0.174. The number of phenolic OH excluding ortho intramolecular Hbond substituents is 1. The van der Waals surface area contributed by atoms with Crippen LogP contribution in [0.15, 0.2) is 22.0 Å². The third kappa shape index (κ3) is 1.11. The van der Waals surface area contributed by atoms with E-state index in [-0.39, 0.29) is 11.6 Å². The molecule has 0 spiro atoms. The van der Waals surface area contributed by atoms with Gasteiger partial charge in [-0.15, -0.1) is 11.3 Å². The zero-order chi connectivity index (χ0) is 8.72. The van der Waals surface area contributed by atoms with Crippen molar-refractivity contribution in [1.82, 2.24) is 0 Å². The summed E-state index contributed by atoms with van der Waals surface area (Å²) in [6.45, 7) is 0. The minimum atomic E-state index is -0.293. The topological polar surface area (TPSA) is 20.2 Å². The quantitative estimate of drug-likeness (QED) is 0.755. The minimum absolute atomic E-state index is 0.119. The van der Waals surface area contributed by atoms with E-state index in [1.54, 1.807) is 6.07 Å². The van der Waals surface area contributed by atoms with Gasteiger partial charge in [-0.05, 0) is 34.1 Å². The van der Waals surface area contributed by atoms with Crippen LogP contribution in [-0.4, -0.2) is 5.11 Å². The molecule has 1 aromatic heterocycles. The van der Waals surface area contributed by atoms with Crippen molar-refractivity contribution < 1.29 is 9.50 Å². The van der Waals surface area contributed by atoms with Gasteiger partial charge < -0.3 is 5.11 Å². The SMILES string of the molecule is Oc1ccc(F)c2sc(Br)cc12. The predicted octanol–water partition coefficient (Wildman–Crippen LogP) is 3.51. The van der Waals surface area contributed by atoms with E-state index < -0.39 is 0 Å². The number of thiophene rings is 1. The van der Waals surface area contributed by atoms with E-state index in [1.165, 1.54) is 23.5 Å². The third-order valence-electron chi connectivity index (χ3n) is 1.58. The maximum absolute atomic E-state index is 13.1. The fourth-order valence-electron chi connectivity index (χ4n) is 1.05. The Morgan fingerprint density at radius 1 is 1.42 bits per heavy atom. The molecule has 1 nitrogen and oxygen atoms in total. The Bertz CT molecular complexity index is 399. The standard InChI is InChI=1S/C8H4BrFOS/c9-7-3-4-6(11)2-1-5(10)8(4)12-7/h1-3,11H. The van der Waals surface area contributed by atoms with Crippen molar-refractivity contribution in [3.05, 3.63) is 27.8 Å². The number of hydrogen-bond donors (Lipinski definition) is 1. The number of phenols is 1. The highest BCUT2D eigenvalue weighted by molar-refractivity contribution is 9.11. The summed E-state index contributed by atoms with van der Waals surface area (Å²) in [5.41, 5.74) is 0. The van der Waals surface area contributed by atoms with Crippen molar-refractivity contribution in [2.24, 2.45) is 0 Å². The first-order chi connectivity index (χ1) is 5.68. The van der Waals surface area contributed by atoms with Crippen LogP contribution in [0.25, 0.3) is 10.1 Å². The summed E-state index contributed by atoms with van der Waals surface area (Å²) in [5, 5.41) is 9.89. The van der Waals surface area contributed by atoms with Gasteiger partial charge in [-0.2, -0.15) is 0 Å². The van der Waals surface area contributed by atoms with E-state index in [1.807, 2.05) is 0 Å². The average molecular weight is 247 g/mol. The lowest BCUT2D eigenvalue weighted by Crippen LogP contribution is -1.72. The molecule has 1 N–H and O–H groups in total. The number of aromatic hydroxyl groups is 1. The lowest BCUT2D eigenvalue weighted by molar-refractivity contribution is 0.480. The van der Waals surface area contributed by atoms with Crippen molar-refractivity contribution in [2.75, 3.05) is 0 Å². The molecule has 62 valence electrons. The van der Waals surface area contributed by atoms with E-state index in [0.29, 0.717) is 10.1 Å². The van der Waals surface area contributed by atoms with Crippen LogP contribution >= 0.6 is 27.3 Å². The van der Waals surface area contributed by atoms with E-state index in [4.69, 9.17) is 0 Å². The summed E-state index contributed by atoms with van der Waals surface area (Å²) in [4.78, 5) is 0. The maximum Gasteiger partial charge on any atom is 0.141 e. The van der Waals surface area contributed by atoms with Gasteiger partial charge in [0.25, 0.3) is 0 Å². The number of rotatable bonds is 0. The minimum Gasteiger partial charge on any atom is -0.507 e. The Morgan fingerprint density at radius 2 is 2.17 bits per heavy atom. The summed E-state index contributed by atoms with van der Waals surface area (Å²) >= 11 is 4.51. The van der Waals surface area contributed by atoms with Crippen LogP contribution in [0.1, 0.15) is 0 Å². The highest BCUT2D eigenvalue weighted by Crippen LogP contribution is 2.36. The summed E-state index contributed by atoms with van der Waals surface area (Å²) in [6.07, 6.45) is 0. The molecule has 2 rings (SSSR count). The second-order valence-electron chi connectivity index (χ2n) is 2.36. The van der Waals surface area contributed by atoms with E-state index in [0.717, 1.165) is 3.79 Å². The number of benzene rings is 1. The van der Waals surface area contributed by atoms with Gasteiger partial charge >= 0.3 is 0 Å². The van der Waals surface area contributed by atoms with Crippen LogP contribution in [0, 0.1) is 5.82 Å². The molecule has 0 amide bonds. The summed E-state index contributed by atoms with van der Waals surface area (Å²) < 4.78 is 14.4. The Balaban J connectivity index is 2.93. The first kappa shape index (κ1) is 8.01. The summed E-state index contributed by atoms with van der Waals surface area (Å²) in [7, 11) is 0.